The number of rotatable bonds is 7. The van der Waals surface area contributed by atoms with Gasteiger partial charge in [0, 0.05) is 15.1 Å². The molecule has 0 saturated carbocycles. The first-order valence-electron chi connectivity index (χ1n) is 7.57. The van der Waals surface area contributed by atoms with Gasteiger partial charge in [0.05, 0.1) is 19.4 Å². The number of anilines is 1. The molecule has 0 radical (unpaired) electrons. The molecular weight excluding hydrogens is 404 g/mol. The summed E-state index contributed by atoms with van der Waals surface area (Å²) in [6, 6.07) is 13.0. The molecule has 0 aromatic heterocycles. The van der Waals surface area contributed by atoms with Crippen molar-refractivity contribution < 1.29 is 14.3 Å². The van der Waals surface area contributed by atoms with Gasteiger partial charge in [-0.15, -0.1) is 11.8 Å². The number of thioether (sulfide) groups is 1. The van der Waals surface area contributed by atoms with Gasteiger partial charge in [-0.2, -0.15) is 0 Å². The highest BCUT2D eigenvalue weighted by atomic mass is 79.9. The summed E-state index contributed by atoms with van der Waals surface area (Å²) < 4.78 is 6.04. The lowest BCUT2D eigenvalue weighted by Gasteiger charge is -2.09. The van der Waals surface area contributed by atoms with Gasteiger partial charge in [-0.3, -0.25) is 9.59 Å². The van der Waals surface area contributed by atoms with Crippen LogP contribution in [0.3, 0.4) is 0 Å². The second-order valence-electron chi connectivity index (χ2n) is 5.25. The summed E-state index contributed by atoms with van der Waals surface area (Å²) >= 11 is 4.78. The van der Waals surface area contributed by atoms with E-state index >= 15 is 0 Å². The molecule has 0 atom stereocenters. The van der Waals surface area contributed by atoms with Gasteiger partial charge in [0.25, 0.3) is 0 Å². The second-order valence-corrected chi connectivity index (χ2v) is 7.21. The minimum atomic E-state index is -0.256. The van der Waals surface area contributed by atoms with Crippen molar-refractivity contribution in [1.82, 2.24) is 5.32 Å². The summed E-state index contributed by atoms with van der Waals surface area (Å²) in [7, 11) is 1.61. The van der Waals surface area contributed by atoms with Gasteiger partial charge in [-0.25, -0.2) is 0 Å². The molecule has 0 fully saturated rings. The predicted octanol–water partition coefficient (Wildman–Crippen LogP) is 3.61. The van der Waals surface area contributed by atoms with Crippen molar-refractivity contribution in [3.63, 3.8) is 0 Å². The molecule has 2 rings (SSSR count). The minimum absolute atomic E-state index is 0.0580. The molecule has 0 aliphatic heterocycles. The summed E-state index contributed by atoms with van der Waals surface area (Å²) in [6.07, 6.45) is 0. The smallest absolute Gasteiger partial charge is 0.243 e. The number of nitrogens with one attached hydrogen (secondary N) is 2. The van der Waals surface area contributed by atoms with Gasteiger partial charge in [0.2, 0.25) is 11.8 Å². The molecular formula is C18H19BrN2O3S. The first-order valence-corrected chi connectivity index (χ1v) is 9.35. The van der Waals surface area contributed by atoms with Gasteiger partial charge in [0.15, 0.2) is 0 Å². The van der Waals surface area contributed by atoms with Crippen LogP contribution < -0.4 is 15.4 Å². The van der Waals surface area contributed by atoms with E-state index in [-0.39, 0.29) is 24.1 Å². The zero-order chi connectivity index (χ0) is 18.2. The van der Waals surface area contributed by atoms with Crippen LogP contribution in [0.25, 0.3) is 0 Å². The molecule has 2 aromatic carbocycles. The van der Waals surface area contributed by atoms with Crippen LogP contribution in [0.15, 0.2) is 51.8 Å². The largest absolute Gasteiger partial charge is 0.497 e. The van der Waals surface area contributed by atoms with Crippen LogP contribution in [0.2, 0.25) is 0 Å². The maximum atomic E-state index is 11.9. The Morgan fingerprint density at radius 1 is 1.12 bits per heavy atom. The molecule has 0 spiro atoms. The van der Waals surface area contributed by atoms with Crippen molar-refractivity contribution in [2.24, 2.45) is 0 Å². The number of aryl methyl sites for hydroxylation is 1. The molecule has 0 heterocycles. The van der Waals surface area contributed by atoms with Crippen LogP contribution in [0.4, 0.5) is 5.69 Å². The number of carbonyl (C=O) groups excluding carboxylic acids is 2. The zero-order valence-electron chi connectivity index (χ0n) is 14.0. The molecule has 0 bridgehead atoms. The van der Waals surface area contributed by atoms with E-state index in [9.17, 15) is 9.59 Å². The van der Waals surface area contributed by atoms with Crippen LogP contribution >= 0.6 is 27.7 Å². The molecule has 2 amide bonds. The third kappa shape index (κ3) is 6.43. The SMILES string of the molecule is COc1ccc(SCC(=O)NCC(=O)Nc2ccc(Br)cc2C)cc1. The Morgan fingerprint density at radius 3 is 2.48 bits per heavy atom. The number of hydrogen-bond donors (Lipinski definition) is 2. The molecule has 0 saturated heterocycles. The maximum absolute atomic E-state index is 11.9. The Morgan fingerprint density at radius 2 is 1.84 bits per heavy atom. The van der Waals surface area contributed by atoms with Crippen LogP contribution in [-0.2, 0) is 9.59 Å². The molecule has 25 heavy (non-hydrogen) atoms. The molecule has 5 nitrogen and oxygen atoms in total. The van der Waals surface area contributed by atoms with E-state index in [2.05, 4.69) is 26.6 Å². The Bertz CT molecular complexity index is 750. The molecule has 2 N–H and O–H groups in total. The van der Waals surface area contributed by atoms with Crippen molar-refractivity contribution in [3.8, 4) is 5.75 Å². The first kappa shape index (κ1) is 19.3. The lowest BCUT2D eigenvalue weighted by atomic mass is 10.2. The Labute approximate surface area is 159 Å². The molecule has 7 heteroatoms. The highest BCUT2D eigenvalue weighted by Crippen LogP contribution is 2.21. The highest BCUT2D eigenvalue weighted by Gasteiger charge is 2.08. The number of amides is 2. The molecule has 0 aliphatic rings. The van der Waals surface area contributed by atoms with Crippen LogP contribution in [0, 0.1) is 6.92 Å². The van der Waals surface area contributed by atoms with Crippen LogP contribution in [0.5, 0.6) is 5.75 Å². The van der Waals surface area contributed by atoms with Gasteiger partial charge < -0.3 is 15.4 Å². The number of methoxy groups -OCH3 is 1. The normalized spacial score (nSPS) is 10.2. The predicted molar refractivity (Wildman–Crippen MR) is 104 cm³/mol. The summed E-state index contributed by atoms with van der Waals surface area (Å²) in [4.78, 5) is 24.8. The van der Waals surface area contributed by atoms with Gasteiger partial charge >= 0.3 is 0 Å². The highest BCUT2D eigenvalue weighted by molar-refractivity contribution is 9.10. The minimum Gasteiger partial charge on any atom is -0.497 e. The molecule has 2 aromatic rings. The van der Waals surface area contributed by atoms with Gasteiger partial charge in [-0.05, 0) is 55.0 Å². The molecule has 0 aliphatic carbocycles. The second kappa shape index (κ2) is 9.48. The fraction of sp³-hybridized carbons (Fsp3) is 0.222. The van der Waals surface area contributed by atoms with E-state index in [1.807, 2.05) is 49.4 Å². The average Bonchev–Trinajstić information content (AvgIpc) is 2.61. The molecule has 0 unspecified atom stereocenters. The number of carbonyl (C=O) groups is 2. The number of halogens is 1. The van der Waals surface area contributed by atoms with Crippen molar-refractivity contribution in [3.05, 3.63) is 52.5 Å². The number of benzene rings is 2. The fourth-order valence-corrected chi connectivity index (χ4v) is 3.22. The molecule has 132 valence electrons. The number of hydrogen-bond acceptors (Lipinski definition) is 4. The maximum Gasteiger partial charge on any atom is 0.243 e. The third-order valence-electron chi connectivity index (χ3n) is 3.34. The summed E-state index contributed by atoms with van der Waals surface area (Å²) in [6.45, 7) is 1.85. The standard InChI is InChI=1S/C18H19BrN2O3S/c1-12-9-13(19)3-8-16(12)21-17(22)10-20-18(23)11-25-15-6-4-14(24-2)5-7-15/h3-9H,10-11H2,1-2H3,(H,20,23)(H,21,22). The van der Waals surface area contributed by atoms with Crippen molar-refractivity contribution in [2.45, 2.75) is 11.8 Å². The van der Waals surface area contributed by atoms with Crippen molar-refractivity contribution in [1.29, 1.82) is 0 Å². The van der Waals surface area contributed by atoms with E-state index in [1.54, 1.807) is 7.11 Å². The average molecular weight is 423 g/mol. The summed E-state index contributed by atoms with van der Waals surface area (Å²) in [5.41, 5.74) is 1.68. The quantitative estimate of drug-likeness (QED) is 0.668. The summed E-state index contributed by atoms with van der Waals surface area (Å²) in [5.74, 6) is 0.571. The van der Waals surface area contributed by atoms with Crippen LogP contribution in [0.1, 0.15) is 5.56 Å². The van der Waals surface area contributed by atoms with E-state index in [4.69, 9.17) is 4.74 Å². The monoisotopic (exact) mass is 422 g/mol. The Hall–Kier alpha value is -1.99. The van der Waals surface area contributed by atoms with E-state index in [0.717, 1.165) is 26.4 Å². The van der Waals surface area contributed by atoms with Crippen molar-refractivity contribution in [2.75, 3.05) is 24.7 Å². The first-order chi connectivity index (χ1) is 12.0. The van der Waals surface area contributed by atoms with Gasteiger partial charge in [0.1, 0.15) is 5.75 Å². The van der Waals surface area contributed by atoms with E-state index in [1.165, 1.54) is 11.8 Å². The lowest BCUT2D eigenvalue weighted by Crippen LogP contribution is -2.34. The van der Waals surface area contributed by atoms with E-state index < -0.39 is 0 Å². The summed E-state index contributed by atoms with van der Waals surface area (Å²) in [5, 5.41) is 5.40. The Balaban J connectivity index is 1.74. The topological polar surface area (TPSA) is 67.4 Å². The van der Waals surface area contributed by atoms with Crippen molar-refractivity contribution >= 4 is 45.2 Å². The number of ether oxygens (including phenoxy) is 1. The van der Waals surface area contributed by atoms with E-state index in [0.29, 0.717) is 0 Å². The zero-order valence-corrected chi connectivity index (χ0v) is 16.4. The lowest BCUT2D eigenvalue weighted by molar-refractivity contribution is -0.122. The van der Waals surface area contributed by atoms with Crippen LogP contribution in [-0.4, -0.2) is 31.2 Å². The van der Waals surface area contributed by atoms with Gasteiger partial charge in [-0.1, -0.05) is 15.9 Å². The Kier molecular flexibility index (Phi) is 7.33. The third-order valence-corrected chi connectivity index (χ3v) is 4.84. The fourth-order valence-electron chi connectivity index (χ4n) is 2.01.